The lowest BCUT2D eigenvalue weighted by molar-refractivity contribution is 0.0952. The van der Waals surface area contributed by atoms with Crippen LogP contribution in [0, 0.1) is 5.92 Å². The molecule has 0 spiro atoms. The standard InChI is InChI=1S/C15H25N3O/c1-4-9-16-14-8-7-13(11-18-14)15(19)17-10-5-6-12(2)3/h7-8,11-12H,4-6,9-10H2,1-3H3,(H,16,18)(H,17,19). The summed E-state index contributed by atoms with van der Waals surface area (Å²) in [5, 5.41) is 6.10. The summed E-state index contributed by atoms with van der Waals surface area (Å²) in [4.78, 5) is 16.1. The number of nitrogens with one attached hydrogen (secondary N) is 2. The molecule has 0 aliphatic rings. The van der Waals surface area contributed by atoms with E-state index in [1.165, 1.54) is 0 Å². The van der Waals surface area contributed by atoms with Gasteiger partial charge in [-0.25, -0.2) is 4.98 Å². The van der Waals surface area contributed by atoms with Crippen molar-refractivity contribution in [3.05, 3.63) is 23.9 Å². The molecule has 1 aromatic rings. The molecular weight excluding hydrogens is 238 g/mol. The molecule has 0 saturated carbocycles. The normalized spacial score (nSPS) is 10.5. The molecule has 2 N–H and O–H groups in total. The van der Waals surface area contributed by atoms with Gasteiger partial charge >= 0.3 is 0 Å². The summed E-state index contributed by atoms with van der Waals surface area (Å²) in [5.41, 5.74) is 0.617. The highest BCUT2D eigenvalue weighted by Crippen LogP contribution is 2.06. The maximum Gasteiger partial charge on any atom is 0.252 e. The molecule has 0 saturated heterocycles. The van der Waals surface area contributed by atoms with Crippen molar-refractivity contribution in [3.63, 3.8) is 0 Å². The highest BCUT2D eigenvalue weighted by molar-refractivity contribution is 5.93. The molecule has 1 aromatic heterocycles. The van der Waals surface area contributed by atoms with E-state index in [4.69, 9.17) is 0 Å². The quantitative estimate of drug-likeness (QED) is 0.709. The van der Waals surface area contributed by atoms with E-state index >= 15 is 0 Å². The first-order valence-electron chi connectivity index (χ1n) is 7.11. The molecule has 0 fully saturated rings. The number of nitrogens with zero attached hydrogens (tertiary/aromatic N) is 1. The smallest absolute Gasteiger partial charge is 0.252 e. The monoisotopic (exact) mass is 263 g/mol. The van der Waals surface area contributed by atoms with Crippen molar-refractivity contribution in [3.8, 4) is 0 Å². The number of carbonyl (C=O) groups excluding carboxylic acids is 1. The van der Waals surface area contributed by atoms with Gasteiger partial charge in [-0.1, -0.05) is 20.8 Å². The van der Waals surface area contributed by atoms with E-state index in [0.29, 0.717) is 11.5 Å². The molecule has 0 atom stereocenters. The Kier molecular flexibility index (Phi) is 6.93. The molecule has 4 nitrogen and oxygen atoms in total. The summed E-state index contributed by atoms with van der Waals surface area (Å²) in [7, 11) is 0. The molecule has 19 heavy (non-hydrogen) atoms. The topological polar surface area (TPSA) is 54.0 Å². The SMILES string of the molecule is CCCNc1ccc(C(=O)NCCCC(C)C)cn1. The Labute approximate surface area is 116 Å². The maximum absolute atomic E-state index is 11.8. The molecule has 106 valence electrons. The third kappa shape index (κ3) is 6.22. The zero-order chi connectivity index (χ0) is 14.1. The van der Waals surface area contributed by atoms with Crippen LogP contribution in [0.5, 0.6) is 0 Å². The fraction of sp³-hybridized carbons (Fsp3) is 0.600. The first kappa shape index (κ1) is 15.5. The predicted molar refractivity (Wildman–Crippen MR) is 79.4 cm³/mol. The number of aromatic nitrogens is 1. The molecule has 1 amide bonds. The van der Waals surface area contributed by atoms with E-state index in [1.54, 1.807) is 6.20 Å². The Morgan fingerprint density at radius 3 is 2.68 bits per heavy atom. The number of amides is 1. The van der Waals surface area contributed by atoms with Gasteiger partial charge in [0, 0.05) is 19.3 Å². The molecule has 1 heterocycles. The molecule has 0 aliphatic heterocycles. The molecule has 0 radical (unpaired) electrons. The number of hydrogen-bond acceptors (Lipinski definition) is 3. The average Bonchev–Trinajstić information content (AvgIpc) is 2.41. The van der Waals surface area contributed by atoms with Crippen molar-refractivity contribution in [1.29, 1.82) is 0 Å². The van der Waals surface area contributed by atoms with Crippen LogP contribution in [0.3, 0.4) is 0 Å². The van der Waals surface area contributed by atoms with Crippen LogP contribution in [0.1, 0.15) is 50.4 Å². The molecular formula is C15H25N3O. The van der Waals surface area contributed by atoms with Gasteiger partial charge in [-0.15, -0.1) is 0 Å². The second-order valence-corrected chi connectivity index (χ2v) is 5.15. The van der Waals surface area contributed by atoms with Gasteiger partial charge in [-0.2, -0.15) is 0 Å². The fourth-order valence-electron chi connectivity index (χ4n) is 1.70. The Morgan fingerprint density at radius 2 is 2.11 bits per heavy atom. The van der Waals surface area contributed by atoms with Crippen molar-refractivity contribution in [2.24, 2.45) is 5.92 Å². The van der Waals surface area contributed by atoms with Crippen LogP contribution in [0.25, 0.3) is 0 Å². The first-order chi connectivity index (χ1) is 9.13. The van der Waals surface area contributed by atoms with Crippen LogP contribution in [-0.4, -0.2) is 24.0 Å². The second kappa shape index (κ2) is 8.51. The number of carbonyl (C=O) groups is 1. The first-order valence-corrected chi connectivity index (χ1v) is 7.11. The summed E-state index contributed by atoms with van der Waals surface area (Å²) in [5.74, 6) is 1.46. The van der Waals surface area contributed by atoms with Gasteiger partial charge < -0.3 is 10.6 Å². The van der Waals surface area contributed by atoms with Gasteiger partial charge in [-0.05, 0) is 37.3 Å². The Hall–Kier alpha value is -1.58. The van der Waals surface area contributed by atoms with E-state index in [0.717, 1.165) is 38.2 Å². The van der Waals surface area contributed by atoms with Gasteiger partial charge in [0.15, 0.2) is 0 Å². The van der Waals surface area contributed by atoms with Crippen LogP contribution in [0.15, 0.2) is 18.3 Å². The average molecular weight is 263 g/mol. The van der Waals surface area contributed by atoms with E-state index in [9.17, 15) is 4.79 Å². The highest BCUT2D eigenvalue weighted by Gasteiger charge is 2.05. The fourth-order valence-corrected chi connectivity index (χ4v) is 1.70. The van der Waals surface area contributed by atoms with Crippen molar-refractivity contribution in [2.45, 2.75) is 40.0 Å². The van der Waals surface area contributed by atoms with Crippen LogP contribution in [0.2, 0.25) is 0 Å². The Morgan fingerprint density at radius 1 is 1.32 bits per heavy atom. The molecule has 0 aliphatic carbocycles. The largest absolute Gasteiger partial charge is 0.370 e. The lowest BCUT2D eigenvalue weighted by atomic mass is 10.1. The minimum absolute atomic E-state index is 0.0432. The van der Waals surface area contributed by atoms with Crippen molar-refractivity contribution in [1.82, 2.24) is 10.3 Å². The lowest BCUT2D eigenvalue weighted by Gasteiger charge is -2.07. The number of anilines is 1. The van der Waals surface area contributed by atoms with Crippen LogP contribution < -0.4 is 10.6 Å². The summed E-state index contributed by atoms with van der Waals surface area (Å²) in [6.07, 6.45) is 4.83. The van der Waals surface area contributed by atoms with Crippen LogP contribution >= 0.6 is 0 Å². The maximum atomic E-state index is 11.8. The summed E-state index contributed by atoms with van der Waals surface area (Å²) < 4.78 is 0. The summed E-state index contributed by atoms with van der Waals surface area (Å²) in [6.45, 7) is 8.11. The predicted octanol–water partition coefficient (Wildman–Crippen LogP) is 3.07. The molecule has 4 heteroatoms. The molecule has 0 unspecified atom stereocenters. The van der Waals surface area contributed by atoms with Gasteiger partial charge in [0.1, 0.15) is 5.82 Å². The third-order valence-corrected chi connectivity index (χ3v) is 2.83. The Balaban J connectivity index is 2.36. The third-order valence-electron chi connectivity index (χ3n) is 2.83. The van der Waals surface area contributed by atoms with Crippen molar-refractivity contribution >= 4 is 11.7 Å². The van der Waals surface area contributed by atoms with Gasteiger partial charge in [0.25, 0.3) is 5.91 Å². The van der Waals surface area contributed by atoms with Crippen molar-refractivity contribution in [2.75, 3.05) is 18.4 Å². The lowest BCUT2D eigenvalue weighted by Crippen LogP contribution is -2.24. The second-order valence-electron chi connectivity index (χ2n) is 5.15. The van der Waals surface area contributed by atoms with E-state index < -0.39 is 0 Å². The van der Waals surface area contributed by atoms with E-state index in [2.05, 4.69) is 36.4 Å². The number of rotatable bonds is 8. The molecule has 1 rings (SSSR count). The van der Waals surface area contributed by atoms with Gasteiger partial charge in [0.05, 0.1) is 5.56 Å². The van der Waals surface area contributed by atoms with Crippen LogP contribution in [-0.2, 0) is 0 Å². The Bertz CT molecular complexity index is 373. The molecule has 0 bridgehead atoms. The summed E-state index contributed by atoms with van der Waals surface area (Å²) in [6, 6.07) is 3.65. The van der Waals surface area contributed by atoms with E-state index in [-0.39, 0.29) is 5.91 Å². The van der Waals surface area contributed by atoms with Gasteiger partial charge in [-0.3, -0.25) is 4.79 Å². The highest BCUT2D eigenvalue weighted by atomic mass is 16.1. The number of hydrogen-bond donors (Lipinski definition) is 2. The minimum Gasteiger partial charge on any atom is -0.370 e. The number of pyridine rings is 1. The van der Waals surface area contributed by atoms with Crippen LogP contribution in [0.4, 0.5) is 5.82 Å². The van der Waals surface area contributed by atoms with Crippen molar-refractivity contribution < 1.29 is 4.79 Å². The zero-order valence-electron chi connectivity index (χ0n) is 12.2. The van der Waals surface area contributed by atoms with E-state index in [1.807, 2.05) is 12.1 Å². The molecule has 0 aromatic carbocycles. The summed E-state index contributed by atoms with van der Waals surface area (Å²) >= 11 is 0. The zero-order valence-corrected chi connectivity index (χ0v) is 12.2. The van der Waals surface area contributed by atoms with Gasteiger partial charge in [0.2, 0.25) is 0 Å². The minimum atomic E-state index is -0.0432.